The maximum absolute atomic E-state index is 6.16. The lowest BCUT2D eigenvalue weighted by atomic mass is 9.71. The van der Waals surface area contributed by atoms with E-state index in [0.29, 0.717) is 6.10 Å². The molecule has 3 nitrogen and oxygen atoms in total. The highest BCUT2D eigenvalue weighted by molar-refractivity contribution is 5.00. The first-order chi connectivity index (χ1) is 8.23. The molecule has 0 bridgehead atoms. The molecule has 3 atom stereocenters. The second-order valence-electron chi connectivity index (χ2n) is 5.90. The highest BCUT2D eigenvalue weighted by atomic mass is 16.5. The number of ether oxygens (including phenoxy) is 1. The third-order valence-corrected chi connectivity index (χ3v) is 5.11. The minimum absolute atomic E-state index is 0.259. The Morgan fingerprint density at radius 2 is 2.12 bits per heavy atom. The van der Waals surface area contributed by atoms with Crippen molar-refractivity contribution in [3.8, 4) is 0 Å². The Morgan fingerprint density at radius 1 is 1.29 bits per heavy atom. The second kappa shape index (κ2) is 5.68. The van der Waals surface area contributed by atoms with E-state index in [1.807, 2.05) is 7.11 Å². The van der Waals surface area contributed by atoms with Crippen LogP contribution in [0.25, 0.3) is 0 Å². The molecule has 0 aromatic heterocycles. The van der Waals surface area contributed by atoms with Crippen molar-refractivity contribution in [2.75, 3.05) is 26.7 Å². The van der Waals surface area contributed by atoms with Crippen LogP contribution in [0.1, 0.15) is 45.4 Å². The van der Waals surface area contributed by atoms with E-state index >= 15 is 0 Å². The molecule has 3 unspecified atom stereocenters. The summed E-state index contributed by atoms with van der Waals surface area (Å²) in [4.78, 5) is 2.65. The van der Waals surface area contributed by atoms with E-state index in [1.165, 1.54) is 45.1 Å². The molecule has 1 aliphatic heterocycles. The van der Waals surface area contributed by atoms with Crippen molar-refractivity contribution in [3.63, 3.8) is 0 Å². The highest BCUT2D eigenvalue weighted by Crippen LogP contribution is 2.39. The van der Waals surface area contributed by atoms with Gasteiger partial charge in [-0.05, 0) is 38.1 Å². The van der Waals surface area contributed by atoms with Gasteiger partial charge in [-0.2, -0.15) is 0 Å². The van der Waals surface area contributed by atoms with Gasteiger partial charge in [0.2, 0.25) is 0 Å². The number of nitrogens with two attached hydrogens (primary N) is 1. The molecule has 0 radical (unpaired) electrons. The van der Waals surface area contributed by atoms with E-state index < -0.39 is 0 Å². The SMILES string of the molecule is COC1CCCN(C2(CN)CCCCC2C)C1. The standard InChI is InChI=1S/C14H28N2O/c1-12-6-3-4-8-14(12,11-15)16-9-5-7-13(10-16)17-2/h12-13H,3-11,15H2,1-2H3. The van der Waals surface area contributed by atoms with Crippen LogP contribution < -0.4 is 5.73 Å². The number of rotatable bonds is 3. The van der Waals surface area contributed by atoms with E-state index in [9.17, 15) is 0 Å². The minimum Gasteiger partial charge on any atom is -0.380 e. The topological polar surface area (TPSA) is 38.5 Å². The number of hydrogen-bond donors (Lipinski definition) is 1. The van der Waals surface area contributed by atoms with Gasteiger partial charge in [0, 0.05) is 25.7 Å². The van der Waals surface area contributed by atoms with E-state index in [-0.39, 0.29) is 5.54 Å². The molecule has 2 rings (SSSR count). The summed E-state index contributed by atoms with van der Waals surface area (Å²) >= 11 is 0. The molecule has 1 saturated carbocycles. The van der Waals surface area contributed by atoms with Crippen LogP contribution in [0.5, 0.6) is 0 Å². The van der Waals surface area contributed by atoms with Crippen molar-refractivity contribution < 1.29 is 4.74 Å². The van der Waals surface area contributed by atoms with Crippen LogP contribution in [0.15, 0.2) is 0 Å². The average Bonchev–Trinajstić information content (AvgIpc) is 2.40. The second-order valence-corrected chi connectivity index (χ2v) is 5.90. The van der Waals surface area contributed by atoms with Crippen LogP contribution in [0.4, 0.5) is 0 Å². The van der Waals surface area contributed by atoms with Crippen LogP contribution in [0.3, 0.4) is 0 Å². The van der Waals surface area contributed by atoms with Crippen molar-refractivity contribution in [1.82, 2.24) is 4.90 Å². The Balaban J connectivity index is 2.10. The number of nitrogens with zero attached hydrogens (tertiary/aromatic N) is 1. The van der Waals surface area contributed by atoms with Gasteiger partial charge in [0.15, 0.2) is 0 Å². The van der Waals surface area contributed by atoms with Gasteiger partial charge in [0.25, 0.3) is 0 Å². The van der Waals surface area contributed by atoms with Crippen molar-refractivity contribution in [3.05, 3.63) is 0 Å². The summed E-state index contributed by atoms with van der Waals surface area (Å²) in [7, 11) is 1.84. The lowest BCUT2D eigenvalue weighted by Crippen LogP contribution is -2.62. The van der Waals surface area contributed by atoms with Gasteiger partial charge in [-0.15, -0.1) is 0 Å². The third-order valence-electron chi connectivity index (χ3n) is 5.11. The number of likely N-dealkylation sites (tertiary alicyclic amines) is 1. The molecule has 2 aliphatic rings. The van der Waals surface area contributed by atoms with Crippen molar-refractivity contribution in [1.29, 1.82) is 0 Å². The van der Waals surface area contributed by atoms with Gasteiger partial charge in [0.05, 0.1) is 6.10 Å². The lowest BCUT2D eigenvalue weighted by molar-refractivity contribution is -0.0511. The Labute approximate surface area is 106 Å². The van der Waals surface area contributed by atoms with Crippen LogP contribution in [0.2, 0.25) is 0 Å². The third kappa shape index (κ3) is 2.51. The zero-order valence-corrected chi connectivity index (χ0v) is 11.5. The van der Waals surface area contributed by atoms with Crippen LogP contribution in [-0.2, 0) is 4.74 Å². The highest BCUT2D eigenvalue weighted by Gasteiger charge is 2.43. The molecule has 0 amide bonds. The number of hydrogen-bond acceptors (Lipinski definition) is 3. The Bertz CT molecular complexity index is 246. The lowest BCUT2D eigenvalue weighted by Gasteiger charge is -2.52. The monoisotopic (exact) mass is 240 g/mol. The van der Waals surface area contributed by atoms with Gasteiger partial charge < -0.3 is 10.5 Å². The quantitative estimate of drug-likeness (QED) is 0.820. The van der Waals surface area contributed by atoms with E-state index in [4.69, 9.17) is 10.5 Å². The fraction of sp³-hybridized carbons (Fsp3) is 1.00. The first-order valence-corrected chi connectivity index (χ1v) is 7.21. The first-order valence-electron chi connectivity index (χ1n) is 7.21. The summed E-state index contributed by atoms with van der Waals surface area (Å²) in [5.74, 6) is 0.733. The maximum Gasteiger partial charge on any atom is 0.0698 e. The zero-order valence-electron chi connectivity index (χ0n) is 11.5. The van der Waals surface area contributed by atoms with Gasteiger partial charge in [0.1, 0.15) is 0 Å². The summed E-state index contributed by atoms with van der Waals surface area (Å²) in [6, 6.07) is 0. The molecule has 1 heterocycles. The molecule has 2 fully saturated rings. The molecule has 3 heteroatoms. The van der Waals surface area contributed by atoms with Gasteiger partial charge in [-0.1, -0.05) is 19.8 Å². The van der Waals surface area contributed by atoms with Crippen LogP contribution in [0, 0.1) is 5.92 Å². The zero-order chi connectivity index (χ0) is 12.3. The molecule has 17 heavy (non-hydrogen) atoms. The van der Waals surface area contributed by atoms with Crippen molar-refractivity contribution >= 4 is 0 Å². The maximum atomic E-state index is 6.16. The molecule has 0 spiro atoms. The fourth-order valence-corrected chi connectivity index (χ4v) is 3.83. The molecule has 0 aromatic carbocycles. The summed E-state index contributed by atoms with van der Waals surface area (Å²) in [6.07, 6.45) is 8.23. The first kappa shape index (κ1) is 13.3. The Kier molecular flexibility index (Phi) is 4.45. The molecular weight excluding hydrogens is 212 g/mol. The smallest absolute Gasteiger partial charge is 0.0698 e. The summed E-state index contributed by atoms with van der Waals surface area (Å²) < 4.78 is 5.55. The number of methoxy groups -OCH3 is 1. The molecule has 1 aliphatic carbocycles. The summed E-state index contributed by atoms with van der Waals surface area (Å²) in [5, 5.41) is 0. The Hall–Kier alpha value is -0.120. The molecule has 0 aromatic rings. The van der Waals surface area contributed by atoms with E-state index in [0.717, 1.165) is 19.0 Å². The molecule has 1 saturated heterocycles. The van der Waals surface area contributed by atoms with Gasteiger partial charge in [-0.25, -0.2) is 0 Å². The van der Waals surface area contributed by atoms with Crippen molar-refractivity contribution in [2.24, 2.45) is 11.7 Å². The molecule has 2 N–H and O–H groups in total. The van der Waals surface area contributed by atoms with E-state index in [2.05, 4.69) is 11.8 Å². The average molecular weight is 240 g/mol. The molecule has 100 valence electrons. The predicted octanol–water partition coefficient (Wildman–Crippen LogP) is 2.00. The summed E-state index contributed by atoms with van der Waals surface area (Å²) in [5.41, 5.74) is 6.42. The number of piperidine rings is 1. The minimum atomic E-state index is 0.259. The van der Waals surface area contributed by atoms with Crippen LogP contribution >= 0.6 is 0 Å². The largest absolute Gasteiger partial charge is 0.380 e. The van der Waals surface area contributed by atoms with Gasteiger partial charge >= 0.3 is 0 Å². The van der Waals surface area contributed by atoms with Crippen molar-refractivity contribution in [2.45, 2.75) is 57.1 Å². The predicted molar refractivity (Wildman–Crippen MR) is 71.0 cm³/mol. The molecular formula is C14H28N2O. The van der Waals surface area contributed by atoms with E-state index in [1.54, 1.807) is 0 Å². The van der Waals surface area contributed by atoms with Gasteiger partial charge in [-0.3, -0.25) is 4.90 Å². The Morgan fingerprint density at radius 3 is 2.76 bits per heavy atom. The normalized spacial score (nSPS) is 40.4. The summed E-state index contributed by atoms with van der Waals surface area (Å²) in [6.45, 7) is 5.49. The fourth-order valence-electron chi connectivity index (χ4n) is 3.83. The van der Waals surface area contributed by atoms with Crippen LogP contribution in [-0.4, -0.2) is 43.3 Å².